The number of hydrogen-bond donors (Lipinski definition) is 2. The summed E-state index contributed by atoms with van der Waals surface area (Å²) < 4.78 is 33.8. The van der Waals surface area contributed by atoms with Crippen LogP contribution in [0, 0.1) is 25.7 Å². The lowest BCUT2D eigenvalue weighted by atomic mass is 9.82. The van der Waals surface area contributed by atoms with Gasteiger partial charge in [0.05, 0.1) is 17.9 Å². The molecule has 4 aliphatic rings. The van der Waals surface area contributed by atoms with Crippen molar-refractivity contribution < 1.29 is 27.5 Å². The number of piperidine rings is 1. The monoisotopic (exact) mass is 627 g/mol. The molecule has 1 atom stereocenters. The number of nitrogens with zero attached hydrogens (tertiary/aromatic N) is 3. The first-order valence-electron chi connectivity index (χ1n) is 15.6. The molecule has 1 aromatic carbocycles. The molecule has 3 heterocycles. The fourth-order valence-electron chi connectivity index (χ4n) is 6.52. The van der Waals surface area contributed by atoms with Crippen molar-refractivity contribution >= 4 is 45.5 Å². The third-order valence-electron chi connectivity index (χ3n) is 9.26. The molecule has 0 aromatic heterocycles. The van der Waals surface area contributed by atoms with Gasteiger partial charge in [0.15, 0.2) is 0 Å². The highest BCUT2D eigenvalue weighted by atomic mass is 32.2. The zero-order valence-electron chi connectivity index (χ0n) is 26.6. The van der Waals surface area contributed by atoms with Gasteiger partial charge >= 0.3 is 6.03 Å². The fraction of sp³-hybridized carbons (Fsp3) is 0.625. The molecule has 5 rings (SSSR count). The number of amidine groups is 1. The summed E-state index contributed by atoms with van der Waals surface area (Å²) in [6, 6.07) is 2.11. The number of rotatable bonds is 7. The van der Waals surface area contributed by atoms with Crippen molar-refractivity contribution in [1.82, 2.24) is 14.9 Å². The Kier molecular flexibility index (Phi) is 8.82. The molecular formula is C32H45N5O6S. The van der Waals surface area contributed by atoms with E-state index in [0.29, 0.717) is 30.0 Å². The van der Waals surface area contributed by atoms with Crippen LogP contribution in [-0.2, 0) is 24.3 Å². The lowest BCUT2D eigenvalue weighted by Crippen LogP contribution is -2.50. The molecule has 12 heteroatoms. The van der Waals surface area contributed by atoms with Crippen molar-refractivity contribution in [2.45, 2.75) is 97.2 Å². The molecule has 2 saturated heterocycles. The van der Waals surface area contributed by atoms with Gasteiger partial charge in [0.1, 0.15) is 17.4 Å². The minimum Gasteiger partial charge on any atom is -0.373 e. The third-order valence-corrected chi connectivity index (χ3v) is 10.8. The van der Waals surface area contributed by atoms with Crippen LogP contribution in [-0.4, -0.2) is 73.3 Å². The molecule has 4 amide bonds. The quantitative estimate of drug-likeness (QED) is 0.438. The molecule has 240 valence electrons. The van der Waals surface area contributed by atoms with Crippen LogP contribution in [0.2, 0.25) is 0 Å². The number of ether oxygens (including phenoxy) is 1. The lowest BCUT2D eigenvalue weighted by molar-refractivity contribution is -0.125. The maximum absolute atomic E-state index is 13.3. The van der Waals surface area contributed by atoms with Crippen molar-refractivity contribution in [3.05, 3.63) is 34.2 Å². The number of sulfonamides is 1. The SMILES string of the molecule is Cc1cc(N2C(=O)NC(COC(C)(C)C)C2=O)cc(C)c1C=CS(=O)(=O)N1CCC2(CC1)N=C(C1CCC(C)CC1)NC2=O. The van der Waals surface area contributed by atoms with E-state index >= 15 is 0 Å². The summed E-state index contributed by atoms with van der Waals surface area (Å²) >= 11 is 0. The van der Waals surface area contributed by atoms with Crippen LogP contribution in [0.3, 0.4) is 0 Å². The van der Waals surface area contributed by atoms with E-state index in [1.807, 2.05) is 34.6 Å². The first-order chi connectivity index (χ1) is 20.6. The molecule has 1 spiro atoms. The Morgan fingerprint density at radius 2 is 1.66 bits per heavy atom. The Morgan fingerprint density at radius 1 is 1.05 bits per heavy atom. The summed E-state index contributed by atoms with van der Waals surface area (Å²) in [5, 5.41) is 6.91. The van der Waals surface area contributed by atoms with Crippen LogP contribution in [0.25, 0.3) is 6.08 Å². The average molecular weight is 628 g/mol. The standard InChI is InChI=1S/C32H45N5O6S/c1-20-7-9-23(10-8-20)27-34-29(39)32(35-27)12-14-36(15-13-32)44(41,42)16-11-25-21(2)17-24(18-22(25)3)37-28(38)26(33-30(37)40)19-43-31(4,5)6/h11,16-18,20,23,26H,7-10,12-15,19H2,1-6H3,(H,33,40)(H,34,35,39). The summed E-state index contributed by atoms with van der Waals surface area (Å²) in [6.45, 7) is 12.0. The predicted molar refractivity (Wildman–Crippen MR) is 170 cm³/mol. The maximum Gasteiger partial charge on any atom is 0.329 e. The van der Waals surface area contributed by atoms with Crippen molar-refractivity contribution in [2.75, 3.05) is 24.6 Å². The number of aryl methyl sites for hydroxylation is 2. The zero-order valence-corrected chi connectivity index (χ0v) is 27.4. The number of amides is 4. The lowest BCUT2D eigenvalue weighted by Gasteiger charge is -2.34. The summed E-state index contributed by atoms with van der Waals surface area (Å²) in [5.74, 6) is 1.26. The number of imide groups is 1. The van der Waals surface area contributed by atoms with E-state index in [4.69, 9.17) is 9.73 Å². The van der Waals surface area contributed by atoms with Crippen LogP contribution in [0.1, 0.15) is 82.9 Å². The molecule has 2 N–H and O–H groups in total. The Bertz CT molecular complexity index is 1470. The second kappa shape index (κ2) is 12.0. The second-order valence-electron chi connectivity index (χ2n) is 13.8. The van der Waals surface area contributed by atoms with E-state index in [-0.39, 0.29) is 31.5 Å². The Balaban J connectivity index is 1.24. The van der Waals surface area contributed by atoms with E-state index < -0.39 is 39.1 Å². The zero-order chi connectivity index (χ0) is 32.0. The molecule has 0 bridgehead atoms. The number of urea groups is 1. The maximum atomic E-state index is 13.3. The van der Waals surface area contributed by atoms with E-state index in [1.54, 1.807) is 18.2 Å². The van der Waals surface area contributed by atoms with E-state index in [2.05, 4.69) is 17.6 Å². The van der Waals surface area contributed by atoms with Gasteiger partial charge in [-0.1, -0.05) is 19.8 Å². The van der Waals surface area contributed by atoms with Crippen LogP contribution in [0.4, 0.5) is 10.5 Å². The molecular weight excluding hydrogens is 582 g/mol. The largest absolute Gasteiger partial charge is 0.373 e. The average Bonchev–Trinajstić information content (AvgIpc) is 3.41. The van der Waals surface area contributed by atoms with Crippen LogP contribution < -0.4 is 15.5 Å². The van der Waals surface area contributed by atoms with E-state index in [9.17, 15) is 22.8 Å². The highest BCUT2D eigenvalue weighted by molar-refractivity contribution is 7.92. The number of benzene rings is 1. The summed E-state index contributed by atoms with van der Waals surface area (Å²) in [6.07, 6.45) is 6.56. The first kappa shape index (κ1) is 32.3. The van der Waals surface area contributed by atoms with Gasteiger partial charge in [0.2, 0.25) is 10.0 Å². The smallest absolute Gasteiger partial charge is 0.329 e. The van der Waals surface area contributed by atoms with Crippen molar-refractivity contribution in [3.8, 4) is 0 Å². The first-order valence-corrected chi connectivity index (χ1v) is 17.1. The number of hydrogen-bond acceptors (Lipinski definition) is 7. The summed E-state index contributed by atoms with van der Waals surface area (Å²) in [4.78, 5) is 44.7. The molecule has 0 radical (unpaired) electrons. The second-order valence-corrected chi connectivity index (χ2v) is 15.6. The van der Waals surface area contributed by atoms with Gasteiger partial charge in [-0.05, 0) is 101 Å². The minimum absolute atomic E-state index is 0.0664. The summed E-state index contributed by atoms with van der Waals surface area (Å²) in [5.41, 5.74) is 1.22. The number of aliphatic imine (C=N–C) groups is 1. The molecule has 1 unspecified atom stereocenters. The highest BCUT2D eigenvalue weighted by Gasteiger charge is 2.48. The molecule has 1 aliphatic carbocycles. The summed E-state index contributed by atoms with van der Waals surface area (Å²) in [7, 11) is -3.76. The molecule has 11 nitrogen and oxygen atoms in total. The topological polar surface area (TPSA) is 137 Å². The molecule has 44 heavy (non-hydrogen) atoms. The van der Waals surface area contributed by atoms with Crippen molar-refractivity contribution in [2.24, 2.45) is 16.8 Å². The van der Waals surface area contributed by atoms with E-state index in [1.165, 1.54) is 9.71 Å². The molecule has 1 saturated carbocycles. The van der Waals surface area contributed by atoms with Crippen molar-refractivity contribution in [1.29, 1.82) is 0 Å². The highest BCUT2D eigenvalue weighted by Crippen LogP contribution is 2.36. The van der Waals surface area contributed by atoms with Gasteiger partial charge in [0.25, 0.3) is 11.8 Å². The number of carbonyl (C=O) groups excluding carboxylic acids is 3. The van der Waals surface area contributed by atoms with Gasteiger partial charge in [-0.15, -0.1) is 0 Å². The number of anilines is 1. The number of nitrogens with one attached hydrogen (secondary N) is 2. The Hall–Kier alpha value is -3.09. The minimum atomic E-state index is -3.76. The van der Waals surface area contributed by atoms with Gasteiger partial charge in [-0.2, -0.15) is 4.31 Å². The normalized spacial score (nSPS) is 26.4. The number of carbonyl (C=O) groups is 3. The van der Waals surface area contributed by atoms with E-state index in [0.717, 1.165) is 47.5 Å². The van der Waals surface area contributed by atoms with Gasteiger partial charge in [-0.25, -0.2) is 18.1 Å². The van der Waals surface area contributed by atoms with Crippen LogP contribution >= 0.6 is 0 Å². The fourth-order valence-corrected chi connectivity index (χ4v) is 7.70. The predicted octanol–water partition coefficient (Wildman–Crippen LogP) is 4.03. The van der Waals surface area contributed by atoms with Crippen LogP contribution in [0.5, 0.6) is 0 Å². The van der Waals surface area contributed by atoms with Crippen molar-refractivity contribution in [3.63, 3.8) is 0 Å². The Labute approximate surface area is 260 Å². The molecule has 3 fully saturated rings. The molecule has 1 aromatic rings. The third kappa shape index (κ3) is 6.62. The van der Waals surface area contributed by atoms with Gasteiger partial charge in [-0.3, -0.25) is 14.6 Å². The molecule has 3 aliphatic heterocycles. The van der Waals surface area contributed by atoms with Crippen LogP contribution in [0.15, 0.2) is 22.5 Å². The Morgan fingerprint density at radius 3 is 2.25 bits per heavy atom. The van der Waals surface area contributed by atoms with Gasteiger partial charge in [0, 0.05) is 24.4 Å². The van der Waals surface area contributed by atoms with Gasteiger partial charge < -0.3 is 15.4 Å².